The summed E-state index contributed by atoms with van der Waals surface area (Å²) in [5.41, 5.74) is 4.19. The molecule has 1 amide bonds. The predicted molar refractivity (Wildman–Crippen MR) is 141 cm³/mol. The zero-order valence-corrected chi connectivity index (χ0v) is 20.1. The molecule has 0 aliphatic carbocycles. The second-order valence-electron chi connectivity index (χ2n) is 8.36. The average molecular weight is 479 g/mol. The molecule has 0 fully saturated rings. The lowest BCUT2D eigenvalue weighted by Gasteiger charge is -2.10. The molecule has 5 aromatic rings. The molecule has 1 aromatic heterocycles. The van der Waals surface area contributed by atoms with E-state index in [1.165, 1.54) is 0 Å². The zero-order chi connectivity index (χ0) is 24.9. The minimum atomic E-state index is -0.158. The van der Waals surface area contributed by atoms with E-state index < -0.39 is 0 Å². The molecule has 0 saturated carbocycles. The van der Waals surface area contributed by atoms with E-state index in [1.54, 1.807) is 11.8 Å². The van der Waals surface area contributed by atoms with Crippen molar-refractivity contribution in [3.8, 4) is 23.1 Å². The molecule has 1 heterocycles. The number of carbonyl (C=O) groups is 1. The van der Waals surface area contributed by atoms with Crippen molar-refractivity contribution in [2.75, 3.05) is 25.6 Å². The molecule has 0 unspecified atom stereocenters. The highest BCUT2D eigenvalue weighted by molar-refractivity contribution is 6.12. The van der Waals surface area contributed by atoms with Gasteiger partial charge in [0.1, 0.15) is 6.61 Å². The summed E-state index contributed by atoms with van der Waals surface area (Å²) >= 11 is 0. The van der Waals surface area contributed by atoms with Crippen LogP contribution >= 0.6 is 0 Å². The fourth-order valence-corrected chi connectivity index (χ4v) is 3.95. The molecular weight excluding hydrogens is 452 g/mol. The molecule has 7 nitrogen and oxygen atoms in total. The molecule has 0 bridgehead atoms. The molecule has 0 spiro atoms. The van der Waals surface area contributed by atoms with E-state index in [0.29, 0.717) is 30.3 Å². The third-order valence-electron chi connectivity index (χ3n) is 5.82. The third-order valence-corrected chi connectivity index (χ3v) is 5.82. The maximum Gasteiger partial charge on any atom is 0.336 e. The Bertz CT molecular complexity index is 1490. The first-order valence-corrected chi connectivity index (χ1v) is 11.7. The van der Waals surface area contributed by atoms with Gasteiger partial charge in [0.05, 0.1) is 12.3 Å². The Morgan fingerprint density at radius 2 is 1.64 bits per heavy atom. The fourth-order valence-electron chi connectivity index (χ4n) is 3.95. The van der Waals surface area contributed by atoms with Gasteiger partial charge < -0.3 is 14.8 Å². The number of carbonyl (C=O) groups excluding carboxylic acids is 1. The Labute approximate surface area is 209 Å². The van der Waals surface area contributed by atoms with Crippen LogP contribution in [0.4, 0.5) is 5.69 Å². The van der Waals surface area contributed by atoms with Crippen LogP contribution in [0.2, 0.25) is 0 Å². The lowest BCUT2D eigenvalue weighted by Crippen LogP contribution is -2.12. The Kier molecular flexibility index (Phi) is 6.73. The number of anilines is 1. The van der Waals surface area contributed by atoms with Crippen LogP contribution in [0.15, 0.2) is 91.0 Å². The van der Waals surface area contributed by atoms with E-state index in [-0.39, 0.29) is 11.9 Å². The minimum absolute atomic E-state index is 0.158. The van der Waals surface area contributed by atoms with Crippen molar-refractivity contribution in [3.63, 3.8) is 0 Å². The largest absolute Gasteiger partial charge is 0.460 e. The average Bonchev–Trinajstić information content (AvgIpc) is 3.33. The van der Waals surface area contributed by atoms with Gasteiger partial charge >= 0.3 is 6.01 Å². The number of ether oxygens (including phenoxy) is 2. The summed E-state index contributed by atoms with van der Waals surface area (Å²) in [7, 11) is 1.62. The number of benzene rings is 4. The number of methoxy groups -OCH3 is 1. The summed E-state index contributed by atoms with van der Waals surface area (Å²) in [4.78, 5) is 17.6. The summed E-state index contributed by atoms with van der Waals surface area (Å²) < 4.78 is 12.5. The molecular formula is C29H26N4O3. The molecule has 0 aliphatic heterocycles. The predicted octanol–water partition coefficient (Wildman–Crippen LogP) is 5.67. The zero-order valence-electron chi connectivity index (χ0n) is 20.1. The molecule has 0 saturated heterocycles. The van der Waals surface area contributed by atoms with Crippen LogP contribution in [-0.4, -0.2) is 41.0 Å². The van der Waals surface area contributed by atoms with Gasteiger partial charge in [-0.05, 0) is 48.0 Å². The molecule has 0 atom stereocenters. The van der Waals surface area contributed by atoms with Gasteiger partial charge in [0.2, 0.25) is 0 Å². The number of hydrogen-bond donors (Lipinski definition) is 1. The van der Waals surface area contributed by atoms with Gasteiger partial charge in [0, 0.05) is 23.9 Å². The number of amides is 1. The molecule has 5 rings (SSSR count). The van der Waals surface area contributed by atoms with Crippen molar-refractivity contribution in [2.24, 2.45) is 0 Å². The summed E-state index contributed by atoms with van der Waals surface area (Å²) in [5.74, 6) is 0.504. The second kappa shape index (κ2) is 10.4. The first-order chi connectivity index (χ1) is 17.6. The number of aryl methyl sites for hydroxylation is 1. The van der Waals surface area contributed by atoms with E-state index in [4.69, 9.17) is 9.47 Å². The second-order valence-corrected chi connectivity index (χ2v) is 8.36. The maximum atomic E-state index is 13.0. The Morgan fingerprint density at radius 1 is 0.889 bits per heavy atom. The molecule has 4 aromatic carbocycles. The van der Waals surface area contributed by atoms with Gasteiger partial charge in [0.15, 0.2) is 5.82 Å². The molecule has 36 heavy (non-hydrogen) atoms. The van der Waals surface area contributed by atoms with Crippen molar-refractivity contribution in [3.05, 3.63) is 102 Å². The number of rotatable bonds is 8. The first-order valence-electron chi connectivity index (χ1n) is 11.7. The summed E-state index contributed by atoms with van der Waals surface area (Å²) in [6.45, 7) is 2.84. The van der Waals surface area contributed by atoms with E-state index in [9.17, 15) is 4.79 Å². The smallest absolute Gasteiger partial charge is 0.336 e. The Morgan fingerprint density at radius 3 is 2.42 bits per heavy atom. The van der Waals surface area contributed by atoms with Crippen LogP contribution in [0.3, 0.4) is 0 Å². The molecule has 180 valence electrons. The monoisotopic (exact) mass is 478 g/mol. The van der Waals surface area contributed by atoms with Crippen LogP contribution in [0.25, 0.3) is 27.8 Å². The first kappa shape index (κ1) is 23.3. The van der Waals surface area contributed by atoms with Crippen molar-refractivity contribution in [2.45, 2.75) is 6.92 Å². The number of aromatic nitrogens is 3. The van der Waals surface area contributed by atoms with E-state index in [0.717, 1.165) is 27.6 Å². The van der Waals surface area contributed by atoms with E-state index >= 15 is 0 Å². The van der Waals surface area contributed by atoms with Gasteiger partial charge in [-0.3, -0.25) is 4.79 Å². The van der Waals surface area contributed by atoms with Gasteiger partial charge in [-0.15, -0.1) is 5.10 Å². The third kappa shape index (κ3) is 4.96. The lowest BCUT2D eigenvalue weighted by molar-refractivity contribution is 0.102. The van der Waals surface area contributed by atoms with Crippen LogP contribution in [0.5, 0.6) is 6.01 Å². The van der Waals surface area contributed by atoms with Crippen LogP contribution in [0, 0.1) is 6.92 Å². The number of hydrogen-bond acceptors (Lipinski definition) is 5. The number of nitrogens with one attached hydrogen (secondary N) is 1. The van der Waals surface area contributed by atoms with Gasteiger partial charge in [-0.2, -0.15) is 4.98 Å². The number of nitrogens with zero attached hydrogens (tertiary/aromatic N) is 3. The molecule has 7 heteroatoms. The summed E-state index contributed by atoms with van der Waals surface area (Å²) in [6.07, 6.45) is 0. The summed E-state index contributed by atoms with van der Waals surface area (Å²) in [6, 6.07) is 29.4. The van der Waals surface area contributed by atoms with E-state index in [1.807, 2.05) is 97.9 Å². The van der Waals surface area contributed by atoms with Gasteiger partial charge in [-0.25, -0.2) is 4.68 Å². The maximum absolute atomic E-state index is 13.0. The normalized spacial score (nSPS) is 10.9. The molecule has 1 N–H and O–H groups in total. The highest BCUT2D eigenvalue weighted by Gasteiger charge is 2.16. The standard InChI is InChI=1S/C29H26N4O3/c1-20-10-12-22(13-11-20)27-31-29(36-19-18-35-2)32-33(27)24-16-14-23(15-17-24)30-28(34)26-9-5-7-21-6-3-4-8-25(21)26/h3-17H,18-19H2,1-2H3,(H,30,34). The highest BCUT2D eigenvalue weighted by Crippen LogP contribution is 2.25. The Hall–Kier alpha value is -4.49. The van der Waals surface area contributed by atoms with Crippen molar-refractivity contribution in [1.29, 1.82) is 0 Å². The van der Waals surface area contributed by atoms with Crippen LogP contribution in [-0.2, 0) is 4.74 Å². The minimum Gasteiger partial charge on any atom is -0.460 e. The van der Waals surface area contributed by atoms with Gasteiger partial charge in [0.25, 0.3) is 5.91 Å². The fraction of sp³-hybridized carbons (Fsp3) is 0.138. The quantitative estimate of drug-likeness (QED) is 0.291. The SMILES string of the molecule is COCCOc1nc(-c2ccc(C)cc2)n(-c2ccc(NC(=O)c3cccc4ccccc34)cc2)n1. The summed E-state index contributed by atoms with van der Waals surface area (Å²) in [5, 5.41) is 9.51. The van der Waals surface area contributed by atoms with Gasteiger partial charge in [-0.1, -0.05) is 66.2 Å². The van der Waals surface area contributed by atoms with E-state index in [2.05, 4.69) is 15.4 Å². The van der Waals surface area contributed by atoms with Crippen LogP contribution < -0.4 is 10.1 Å². The molecule has 0 radical (unpaired) electrons. The molecule has 0 aliphatic rings. The topological polar surface area (TPSA) is 78.3 Å². The van der Waals surface area contributed by atoms with Crippen LogP contribution in [0.1, 0.15) is 15.9 Å². The number of fused-ring (bicyclic) bond motifs is 1. The Balaban J connectivity index is 1.41. The lowest BCUT2D eigenvalue weighted by atomic mass is 10.0. The van der Waals surface area contributed by atoms with Crippen molar-refractivity contribution >= 4 is 22.4 Å². The highest BCUT2D eigenvalue weighted by atomic mass is 16.5. The van der Waals surface area contributed by atoms with Crippen molar-refractivity contribution in [1.82, 2.24) is 14.8 Å². The van der Waals surface area contributed by atoms with Crippen molar-refractivity contribution < 1.29 is 14.3 Å².